The molecule has 0 saturated carbocycles. The van der Waals surface area contributed by atoms with Crippen LogP contribution in [-0.4, -0.2) is 37.9 Å². The highest BCUT2D eigenvalue weighted by molar-refractivity contribution is 7.89. The van der Waals surface area contributed by atoms with Crippen molar-refractivity contribution in [2.45, 2.75) is 17.7 Å². The molecule has 1 aliphatic rings. The summed E-state index contributed by atoms with van der Waals surface area (Å²) in [6, 6.07) is 11.6. The van der Waals surface area contributed by atoms with E-state index in [0.29, 0.717) is 18.7 Å². The van der Waals surface area contributed by atoms with Crippen molar-refractivity contribution in [3.63, 3.8) is 0 Å². The number of hydrazone groups is 1. The molecule has 1 saturated heterocycles. The van der Waals surface area contributed by atoms with Crippen LogP contribution in [0.15, 0.2) is 58.5 Å². The van der Waals surface area contributed by atoms with Crippen molar-refractivity contribution in [3.05, 3.63) is 65.5 Å². The van der Waals surface area contributed by atoms with Gasteiger partial charge in [0.25, 0.3) is 5.91 Å². The number of halogens is 1. The fourth-order valence-electron chi connectivity index (χ4n) is 2.69. The molecule has 136 valence electrons. The van der Waals surface area contributed by atoms with Crippen LogP contribution in [0.4, 0.5) is 4.39 Å². The van der Waals surface area contributed by atoms with Crippen molar-refractivity contribution >= 4 is 22.1 Å². The number of hydrogen-bond acceptors (Lipinski definition) is 4. The highest BCUT2D eigenvalue weighted by Gasteiger charge is 2.27. The Bertz CT molecular complexity index is 938. The molecule has 0 unspecified atom stereocenters. The highest BCUT2D eigenvalue weighted by Crippen LogP contribution is 2.21. The van der Waals surface area contributed by atoms with Crippen LogP contribution in [0.1, 0.15) is 28.8 Å². The van der Waals surface area contributed by atoms with Crippen LogP contribution in [-0.2, 0) is 10.0 Å². The molecule has 0 bridgehead atoms. The van der Waals surface area contributed by atoms with Crippen LogP contribution in [0, 0.1) is 5.82 Å². The number of amides is 1. The fourth-order valence-corrected chi connectivity index (χ4v) is 4.26. The smallest absolute Gasteiger partial charge is 0.267 e. The molecule has 1 fully saturated rings. The van der Waals surface area contributed by atoms with Gasteiger partial charge in [-0.2, -0.15) is 9.41 Å². The van der Waals surface area contributed by atoms with Crippen molar-refractivity contribution in [3.8, 4) is 0 Å². The normalized spacial score (nSPS) is 15.4. The first-order valence-corrected chi connectivity index (χ1v) is 9.60. The lowest BCUT2D eigenvalue weighted by molar-refractivity contribution is 0.0955. The Labute approximate surface area is 151 Å². The minimum Gasteiger partial charge on any atom is -0.267 e. The summed E-state index contributed by atoms with van der Waals surface area (Å²) >= 11 is 0. The number of hydrogen-bond donors (Lipinski definition) is 1. The van der Waals surface area contributed by atoms with Crippen molar-refractivity contribution in [1.82, 2.24) is 9.73 Å². The zero-order valence-electron chi connectivity index (χ0n) is 13.9. The topological polar surface area (TPSA) is 78.8 Å². The Morgan fingerprint density at radius 1 is 1.12 bits per heavy atom. The van der Waals surface area contributed by atoms with Crippen LogP contribution in [0.3, 0.4) is 0 Å². The average molecular weight is 375 g/mol. The molecule has 2 aromatic carbocycles. The summed E-state index contributed by atoms with van der Waals surface area (Å²) in [5.74, 6) is -0.948. The van der Waals surface area contributed by atoms with Gasteiger partial charge >= 0.3 is 0 Å². The first-order chi connectivity index (χ1) is 12.5. The quantitative estimate of drug-likeness (QED) is 0.644. The second kappa shape index (κ2) is 7.76. The largest absolute Gasteiger partial charge is 0.271 e. The van der Waals surface area contributed by atoms with Crippen molar-refractivity contribution in [2.24, 2.45) is 5.10 Å². The molecule has 1 heterocycles. The lowest BCUT2D eigenvalue weighted by atomic mass is 10.2. The third-order valence-electron chi connectivity index (χ3n) is 4.03. The second-order valence-corrected chi connectivity index (χ2v) is 7.83. The zero-order chi connectivity index (χ0) is 18.6. The highest BCUT2D eigenvalue weighted by atomic mass is 32.2. The maximum atomic E-state index is 13.1. The summed E-state index contributed by atoms with van der Waals surface area (Å²) in [6.45, 7) is 0.993. The van der Waals surface area contributed by atoms with E-state index >= 15 is 0 Å². The second-order valence-electron chi connectivity index (χ2n) is 5.89. The Kier molecular flexibility index (Phi) is 5.43. The van der Waals surface area contributed by atoms with E-state index in [2.05, 4.69) is 10.5 Å². The number of rotatable bonds is 5. The summed E-state index contributed by atoms with van der Waals surface area (Å²) in [7, 11) is -3.59. The maximum absolute atomic E-state index is 13.1. The van der Waals surface area contributed by atoms with E-state index in [1.165, 1.54) is 53.0 Å². The number of sulfonamides is 1. The minimum absolute atomic E-state index is 0.0844. The average Bonchev–Trinajstić information content (AvgIpc) is 3.17. The predicted octanol–water partition coefficient (Wildman–Crippen LogP) is 2.37. The van der Waals surface area contributed by atoms with Gasteiger partial charge in [-0.3, -0.25) is 4.79 Å². The molecule has 0 spiro atoms. The van der Waals surface area contributed by atoms with E-state index in [9.17, 15) is 17.6 Å². The van der Waals surface area contributed by atoms with Gasteiger partial charge in [-0.25, -0.2) is 18.2 Å². The van der Waals surface area contributed by atoms with Crippen LogP contribution in [0.25, 0.3) is 0 Å². The van der Waals surface area contributed by atoms with E-state index < -0.39 is 21.7 Å². The van der Waals surface area contributed by atoms with Gasteiger partial charge in [0.1, 0.15) is 5.82 Å². The molecule has 6 nitrogen and oxygen atoms in total. The molecule has 2 aromatic rings. The molecular formula is C18H18FN3O3S. The van der Waals surface area contributed by atoms with E-state index in [1.54, 1.807) is 6.07 Å². The van der Waals surface area contributed by atoms with Gasteiger partial charge in [-0.15, -0.1) is 0 Å². The standard InChI is InChI=1S/C18H18FN3O3S/c19-16-7-3-5-14(11-16)13-20-21-18(23)15-6-4-8-17(12-15)26(24,25)22-9-1-2-10-22/h3-8,11-13H,1-2,9-10H2,(H,21,23)/b20-13+. The van der Waals surface area contributed by atoms with E-state index in [-0.39, 0.29) is 10.5 Å². The van der Waals surface area contributed by atoms with Gasteiger partial charge in [0, 0.05) is 18.7 Å². The number of nitrogens with zero attached hydrogens (tertiary/aromatic N) is 2. The van der Waals surface area contributed by atoms with Crippen molar-refractivity contribution in [2.75, 3.05) is 13.1 Å². The van der Waals surface area contributed by atoms with Crippen LogP contribution < -0.4 is 5.43 Å². The Morgan fingerprint density at radius 3 is 2.58 bits per heavy atom. The Morgan fingerprint density at radius 2 is 1.85 bits per heavy atom. The monoisotopic (exact) mass is 375 g/mol. The third kappa shape index (κ3) is 4.14. The predicted molar refractivity (Wildman–Crippen MR) is 95.9 cm³/mol. The molecule has 3 rings (SSSR count). The molecule has 1 N–H and O–H groups in total. The number of carbonyl (C=O) groups excluding carboxylic acids is 1. The molecule has 26 heavy (non-hydrogen) atoms. The van der Waals surface area contributed by atoms with Crippen molar-refractivity contribution < 1.29 is 17.6 Å². The molecule has 0 aliphatic carbocycles. The lowest BCUT2D eigenvalue weighted by Crippen LogP contribution is -2.28. The molecule has 0 atom stereocenters. The van der Waals surface area contributed by atoms with Gasteiger partial charge < -0.3 is 0 Å². The van der Waals surface area contributed by atoms with Gasteiger partial charge in [0.05, 0.1) is 11.1 Å². The summed E-state index contributed by atoms with van der Waals surface area (Å²) in [4.78, 5) is 12.3. The zero-order valence-corrected chi connectivity index (χ0v) is 14.7. The summed E-state index contributed by atoms with van der Waals surface area (Å²) in [5.41, 5.74) is 2.99. The summed E-state index contributed by atoms with van der Waals surface area (Å²) in [5, 5.41) is 3.78. The molecule has 1 aliphatic heterocycles. The lowest BCUT2D eigenvalue weighted by Gasteiger charge is -2.15. The molecule has 1 amide bonds. The molecular weight excluding hydrogens is 357 g/mol. The van der Waals surface area contributed by atoms with Crippen LogP contribution in [0.2, 0.25) is 0 Å². The fraction of sp³-hybridized carbons (Fsp3) is 0.222. The van der Waals surface area contributed by atoms with E-state index in [4.69, 9.17) is 0 Å². The Hall–Kier alpha value is -2.58. The first kappa shape index (κ1) is 18.2. The van der Waals surface area contributed by atoms with Gasteiger partial charge in [-0.05, 0) is 48.7 Å². The number of benzene rings is 2. The molecule has 0 aromatic heterocycles. The van der Waals surface area contributed by atoms with Gasteiger partial charge in [0.2, 0.25) is 10.0 Å². The van der Waals surface area contributed by atoms with Crippen molar-refractivity contribution in [1.29, 1.82) is 0 Å². The molecule has 0 radical (unpaired) electrons. The summed E-state index contributed by atoms with van der Waals surface area (Å²) in [6.07, 6.45) is 2.99. The first-order valence-electron chi connectivity index (χ1n) is 8.16. The SMILES string of the molecule is O=C(N/N=C/c1cccc(F)c1)c1cccc(S(=O)(=O)N2CCCC2)c1. The number of carbonyl (C=O) groups is 1. The maximum Gasteiger partial charge on any atom is 0.271 e. The van der Waals surface area contributed by atoms with Gasteiger partial charge in [0.15, 0.2) is 0 Å². The van der Waals surface area contributed by atoms with Gasteiger partial charge in [-0.1, -0.05) is 18.2 Å². The minimum atomic E-state index is -3.59. The molecule has 8 heteroatoms. The summed E-state index contributed by atoms with van der Waals surface area (Å²) < 4.78 is 39.7. The van der Waals surface area contributed by atoms with Crippen LogP contribution in [0.5, 0.6) is 0 Å². The number of nitrogens with one attached hydrogen (secondary N) is 1. The third-order valence-corrected chi connectivity index (χ3v) is 5.92. The Balaban J connectivity index is 1.72. The van der Waals surface area contributed by atoms with Crippen LogP contribution >= 0.6 is 0 Å². The van der Waals surface area contributed by atoms with E-state index in [0.717, 1.165) is 12.8 Å². The van der Waals surface area contributed by atoms with E-state index in [1.807, 2.05) is 0 Å².